The number of ether oxygens (including phenoxy) is 1. The molecule has 16 heavy (non-hydrogen) atoms. The van der Waals surface area contributed by atoms with Crippen molar-refractivity contribution in [3.05, 3.63) is 0 Å². The normalized spacial score (nSPS) is 43.6. The van der Waals surface area contributed by atoms with E-state index in [1.165, 1.54) is 0 Å². The lowest BCUT2D eigenvalue weighted by Gasteiger charge is -2.31. The molecule has 1 aliphatic carbocycles. The van der Waals surface area contributed by atoms with Gasteiger partial charge < -0.3 is 15.8 Å². The van der Waals surface area contributed by atoms with Gasteiger partial charge in [0.15, 0.2) is 0 Å². The molecule has 2 rings (SSSR count). The highest BCUT2D eigenvalue weighted by Crippen LogP contribution is 2.28. The van der Waals surface area contributed by atoms with Crippen molar-refractivity contribution in [3.63, 3.8) is 0 Å². The van der Waals surface area contributed by atoms with Crippen LogP contribution in [0.15, 0.2) is 0 Å². The summed E-state index contributed by atoms with van der Waals surface area (Å²) >= 11 is 0. The van der Waals surface area contributed by atoms with Crippen molar-refractivity contribution in [3.8, 4) is 0 Å². The number of hydrogen-bond donors (Lipinski definition) is 2. The quantitative estimate of drug-likeness (QED) is 0.732. The molecule has 1 heterocycles. The Bertz CT molecular complexity index is 282. The summed E-state index contributed by atoms with van der Waals surface area (Å²) in [5.74, 6) is 0.120. The summed E-state index contributed by atoms with van der Waals surface area (Å²) in [5, 5.41) is 3.13. The Balaban J connectivity index is 1.96. The molecule has 4 nitrogen and oxygen atoms in total. The molecule has 0 aromatic heterocycles. The first-order chi connectivity index (χ1) is 7.53. The Morgan fingerprint density at radius 2 is 2.25 bits per heavy atom. The topological polar surface area (TPSA) is 64.3 Å². The van der Waals surface area contributed by atoms with Gasteiger partial charge in [0.25, 0.3) is 0 Å². The van der Waals surface area contributed by atoms with Gasteiger partial charge in [-0.25, -0.2) is 0 Å². The Hall–Kier alpha value is -0.610. The van der Waals surface area contributed by atoms with E-state index < -0.39 is 0 Å². The molecule has 0 aromatic carbocycles. The molecule has 1 saturated heterocycles. The number of hydrogen-bond acceptors (Lipinski definition) is 3. The first-order valence-electron chi connectivity index (χ1n) is 6.22. The largest absolute Gasteiger partial charge is 0.376 e. The molecular formula is C12H22N2O2. The van der Waals surface area contributed by atoms with E-state index in [1.807, 2.05) is 6.92 Å². The van der Waals surface area contributed by atoms with Gasteiger partial charge in [0.1, 0.15) is 0 Å². The first-order valence-corrected chi connectivity index (χ1v) is 6.22. The Morgan fingerprint density at radius 3 is 2.75 bits per heavy atom. The van der Waals surface area contributed by atoms with Crippen LogP contribution in [0.3, 0.4) is 0 Å². The van der Waals surface area contributed by atoms with E-state index in [0.29, 0.717) is 0 Å². The Labute approximate surface area is 96.9 Å². The molecule has 1 amide bonds. The molecule has 92 valence electrons. The predicted molar refractivity (Wildman–Crippen MR) is 61.9 cm³/mol. The highest BCUT2D eigenvalue weighted by atomic mass is 16.5. The molecule has 2 fully saturated rings. The molecule has 4 heteroatoms. The second-order valence-electron chi connectivity index (χ2n) is 5.37. The van der Waals surface area contributed by atoms with Gasteiger partial charge in [0.05, 0.1) is 17.6 Å². The summed E-state index contributed by atoms with van der Waals surface area (Å²) in [6.07, 6.45) is 3.96. The summed E-state index contributed by atoms with van der Waals surface area (Å²) in [5.41, 5.74) is 5.73. The van der Waals surface area contributed by atoms with E-state index >= 15 is 0 Å². The summed E-state index contributed by atoms with van der Waals surface area (Å²) in [7, 11) is 0. The molecule has 0 bridgehead atoms. The van der Waals surface area contributed by atoms with Crippen molar-refractivity contribution in [2.75, 3.05) is 6.61 Å². The van der Waals surface area contributed by atoms with Gasteiger partial charge in [-0.3, -0.25) is 4.79 Å². The fourth-order valence-electron chi connectivity index (χ4n) is 2.69. The molecule has 0 spiro atoms. The fourth-order valence-corrected chi connectivity index (χ4v) is 2.69. The zero-order valence-electron chi connectivity index (χ0n) is 10.2. The van der Waals surface area contributed by atoms with Crippen LogP contribution in [0.1, 0.15) is 39.5 Å². The minimum atomic E-state index is -0.209. The van der Waals surface area contributed by atoms with Gasteiger partial charge >= 0.3 is 0 Å². The maximum atomic E-state index is 12.1. The lowest BCUT2D eigenvalue weighted by Crippen LogP contribution is -2.53. The molecule has 4 unspecified atom stereocenters. The van der Waals surface area contributed by atoms with Crippen LogP contribution in [0.5, 0.6) is 0 Å². The van der Waals surface area contributed by atoms with Crippen LogP contribution in [0, 0.1) is 5.92 Å². The summed E-state index contributed by atoms with van der Waals surface area (Å²) in [6, 6.07) is 0.0428. The first kappa shape index (κ1) is 11.9. The summed E-state index contributed by atoms with van der Waals surface area (Å²) in [6.45, 7) is 4.81. The van der Waals surface area contributed by atoms with Gasteiger partial charge in [-0.15, -0.1) is 0 Å². The van der Waals surface area contributed by atoms with Crippen molar-refractivity contribution in [1.29, 1.82) is 0 Å². The number of carbonyl (C=O) groups excluding carboxylic acids is 1. The molecule has 2 aliphatic rings. The number of rotatable bonds is 2. The molecule has 1 saturated carbocycles. The predicted octanol–water partition coefficient (Wildman–Crippen LogP) is 0.797. The lowest BCUT2D eigenvalue weighted by molar-refractivity contribution is -0.127. The van der Waals surface area contributed by atoms with Crippen LogP contribution in [0.2, 0.25) is 0 Å². The number of nitrogens with one attached hydrogen (secondary N) is 1. The smallest absolute Gasteiger partial charge is 0.225 e. The van der Waals surface area contributed by atoms with Crippen LogP contribution in [-0.4, -0.2) is 30.2 Å². The number of nitrogens with two attached hydrogens (primary N) is 1. The third kappa shape index (κ3) is 2.09. The average Bonchev–Trinajstić information content (AvgIpc) is 2.75. The molecule has 3 N–H and O–H groups in total. The Morgan fingerprint density at radius 1 is 1.50 bits per heavy atom. The van der Waals surface area contributed by atoms with Crippen molar-refractivity contribution in [1.82, 2.24) is 5.32 Å². The van der Waals surface area contributed by atoms with E-state index in [4.69, 9.17) is 10.5 Å². The minimum Gasteiger partial charge on any atom is -0.376 e. The van der Waals surface area contributed by atoms with Crippen LogP contribution >= 0.6 is 0 Å². The van der Waals surface area contributed by atoms with Crippen molar-refractivity contribution in [2.45, 2.75) is 57.2 Å². The van der Waals surface area contributed by atoms with E-state index in [2.05, 4.69) is 12.2 Å². The van der Waals surface area contributed by atoms with Crippen molar-refractivity contribution >= 4 is 5.91 Å². The molecule has 0 radical (unpaired) electrons. The van der Waals surface area contributed by atoms with E-state index in [1.54, 1.807) is 0 Å². The standard InChI is InChI=1S/C12H22N2O2/c1-8-12(2,6-7-16-8)14-11(15)9-4-3-5-10(9)13/h8-10H,3-7,13H2,1-2H3,(H,14,15). The van der Waals surface area contributed by atoms with Crippen LogP contribution < -0.4 is 11.1 Å². The van der Waals surface area contributed by atoms with Gasteiger partial charge in [0.2, 0.25) is 5.91 Å². The second-order valence-corrected chi connectivity index (χ2v) is 5.37. The van der Waals surface area contributed by atoms with E-state index in [0.717, 1.165) is 32.3 Å². The zero-order valence-corrected chi connectivity index (χ0v) is 10.2. The SMILES string of the molecule is CC1OCCC1(C)NC(=O)C1CCCC1N. The highest BCUT2D eigenvalue weighted by Gasteiger charge is 2.41. The Kier molecular flexibility index (Phi) is 3.22. The monoisotopic (exact) mass is 226 g/mol. The average molecular weight is 226 g/mol. The van der Waals surface area contributed by atoms with Crippen LogP contribution in [0.25, 0.3) is 0 Å². The fraction of sp³-hybridized carbons (Fsp3) is 0.917. The zero-order chi connectivity index (χ0) is 11.8. The van der Waals surface area contributed by atoms with E-state index in [-0.39, 0.29) is 29.5 Å². The molecular weight excluding hydrogens is 204 g/mol. The number of carbonyl (C=O) groups is 1. The van der Waals surface area contributed by atoms with Crippen LogP contribution in [0.4, 0.5) is 0 Å². The summed E-state index contributed by atoms with van der Waals surface area (Å²) in [4.78, 5) is 12.1. The summed E-state index contributed by atoms with van der Waals surface area (Å²) < 4.78 is 5.51. The minimum absolute atomic E-state index is 0.00428. The highest BCUT2D eigenvalue weighted by molar-refractivity contribution is 5.80. The molecule has 1 aliphatic heterocycles. The molecule has 4 atom stereocenters. The van der Waals surface area contributed by atoms with Crippen LogP contribution in [-0.2, 0) is 9.53 Å². The third-order valence-electron chi connectivity index (χ3n) is 4.20. The third-order valence-corrected chi connectivity index (χ3v) is 4.20. The second kappa shape index (κ2) is 4.34. The maximum absolute atomic E-state index is 12.1. The van der Waals surface area contributed by atoms with Gasteiger partial charge in [-0.05, 0) is 33.1 Å². The van der Waals surface area contributed by atoms with Crippen molar-refractivity contribution < 1.29 is 9.53 Å². The van der Waals surface area contributed by atoms with Crippen molar-refractivity contribution in [2.24, 2.45) is 11.7 Å². The number of amides is 1. The molecule has 0 aromatic rings. The lowest BCUT2D eigenvalue weighted by atomic mass is 9.92. The van der Waals surface area contributed by atoms with E-state index in [9.17, 15) is 4.79 Å². The van der Waals surface area contributed by atoms with Gasteiger partial charge in [0, 0.05) is 12.6 Å². The van der Waals surface area contributed by atoms with Gasteiger partial charge in [-0.1, -0.05) is 6.42 Å². The maximum Gasteiger partial charge on any atom is 0.225 e. The van der Waals surface area contributed by atoms with Gasteiger partial charge in [-0.2, -0.15) is 0 Å².